The van der Waals surface area contributed by atoms with Gasteiger partial charge in [-0.25, -0.2) is 4.39 Å². The SMILES string of the molecule is CC=CCCc1ccc(C2=CCC(C3CCC(CCCCC)CC3)CC2)c(F)c1Cl. The van der Waals surface area contributed by atoms with Crippen molar-refractivity contribution in [3.63, 3.8) is 0 Å². The molecule has 0 heterocycles. The van der Waals surface area contributed by atoms with Gasteiger partial charge in [0.05, 0.1) is 5.02 Å². The Labute approximate surface area is 189 Å². The smallest absolute Gasteiger partial charge is 0.149 e. The molecule has 0 amide bonds. The first kappa shape index (κ1) is 23.6. The lowest BCUT2D eigenvalue weighted by Crippen LogP contribution is -2.23. The summed E-state index contributed by atoms with van der Waals surface area (Å²) in [5.41, 5.74) is 2.81. The van der Waals surface area contributed by atoms with Crippen LogP contribution in [0, 0.1) is 23.6 Å². The molecule has 0 radical (unpaired) electrons. The first-order valence-corrected chi connectivity index (χ1v) is 12.8. The van der Waals surface area contributed by atoms with Crippen LogP contribution in [0.3, 0.4) is 0 Å². The minimum Gasteiger partial charge on any atom is -0.205 e. The zero-order chi connectivity index (χ0) is 21.3. The number of allylic oxidation sites excluding steroid dienone is 4. The molecule has 1 fully saturated rings. The van der Waals surface area contributed by atoms with Crippen LogP contribution in [0.15, 0.2) is 30.4 Å². The average molecular weight is 431 g/mol. The Hall–Kier alpha value is -1.08. The van der Waals surface area contributed by atoms with E-state index >= 15 is 0 Å². The molecule has 0 saturated heterocycles. The molecule has 1 aromatic carbocycles. The second-order valence-electron chi connectivity index (χ2n) is 9.55. The lowest BCUT2D eigenvalue weighted by atomic mass is 9.70. The lowest BCUT2D eigenvalue weighted by Gasteiger charge is -2.35. The van der Waals surface area contributed by atoms with Gasteiger partial charge in [-0.15, -0.1) is 0 Å². The molecular weight excluding hydrogens is 391 g/mol. The molecule has 3 rings (SSSR count). The van der Waals surface area contributed by atoms with E-state index in [0.29, 0.717) is 5.02 Å². The monoisotopic (exact) mass is 430 g/mol. The molecule has 2 heteroatoms. The van der Waals surface area contributed by atoms with Crippen molar-refractivity contribution in [2.75, 3.05) is 0 Å². The predicted molar refractivity (Wildman–Crippen MR) is 129 cm³/mol. The maximum atomic E-state index is 15.0. The normalized spacial score (nSPS) is 24.9. The molecule has 2 aliphatic rings. The summed E-state index contributed by atoms with van der Waals surface area (Å²) in [5.74, 6) is 2.44. The summed E-state index contributed by atoms with van der Waals surface area (Å²) in [6.07, 6.45) is 22.7. The number of aryl methyl sites for hydroxylation is 1. The topological polar surface area (TPSA) is 0 Å². The number of halogens is 2. The van der Waals surface area contributed by atoms with Gasteiger partial charge in [-0.3, -0.25) is 0 Å². The highest BCUT2D eigenvalue weighted by Gasteiger charge is 2.29. The van der Waals surface area contributed by atoms with Crippen LogP contribution in [0.5, 0.6) is 0 Å². The van der Waals surface area contributed by atoms with Gasteiger partial charge in [0.2, 0.25) is 0 Å². The van der Waals surface area contributed by atoms with E-state index in [4.69, 9.17) is 11.6 Å². The molecule has 166 valence electrons. The average Bonchev–Trinajstić information content (AvgIpc) is 2.78. The standard InChI is InChI=1S/C28H40ClF/c1-3-5-7-9-21-11-13-22(14-12-21)23-15-17-24(18-16-23)26-20-19-25(10-8-6-4-2)27(29)28(26)30/h4,6,17,19-23H,3,5,7-16,18H2,1-2H3. The Balaban J connectivity index is 1.54. The van der Waals surface area contributed by atoms with Gasteiger partial charge >= 0.3 is 0 Å². The molecule has 0 aromatic heterocycles. The van der Waals surface area contributed by atoms with Gasteiger partial charge < -0.3 is 0 Å². The first-order chi connectivity index (χ1) is 14.6. The van der Waals surface area contributed by atoms with Crippen molar-refractivity contribution in [3.05, 3.63) is 52.3 Å². The highest BCUT2D eigenvalue weighted by Crippen LogP contribution is 2.43. The Kier molecular flexibility index (Phi) is 9.50. The molecular formula is C28H40ClF. The second-order valence-corrected chi connectivity index (χ2v) is 9.93. The van der Waals surface area contributed by atoms with Crippen LogP contribution in [0.25, 0.3) is 5.57 Å². The Morgan fingerprint density at radius 3 is 2.53 bits per heavy atom. The first-order valence-electron chi connectivity index (χ1n) is 12.4. The Morgan fingerprint density at radius 1 is 1.07 bits per heavy atom. The van der Waals surface area contributed by atoms with Crippen LogP contribution in [-0.2, 0) is 6.42 Å². The van der Waals surface area contributed by atoms with E-state index in [1.54, 1.807) is 0 Å². The number of benzene rings is 1. The van der Waals surface area contributed by atoms with Gasteiger partial charge in [0.1, 0.15) is 5.82 Å². The summed E-state index contributed by atoms with van der Waals surface area (Å²) in [6, 6.07) is 3.98. The molecule has 30 heavy (non-hydrogen) atoms. The van der Waals surface area contributed by atoms with Gasteiger partial charge in [0, 0.05) is 5.56 Å². The van der Waals surface area contributed by atoms with E-state index in [9.17, 15) is 4.39 Å². The summed E-state index contributed by atoms with van der Waals surface area (Å²) < 4.78 is 15.0. The third kappa shape index (κ3) is 6.22. The van der Waals surface area contributed by atoms with E-state index in [0.717, 1.165) is 54.6 Å². The molecule has 1 unspecified atom stereocenters. The number of unbranched alkanes of at least 4 members (excludes halogenated alkanes) is 2. The second kappa shape index (κ2) is 12.1. The minimum absolute atomic E-state index is 0.216. The largest absolute Gasteiger partial charge is 0.205 e. The van der Waals surface area contributed by atoms with Gasteiger partial charge in [-0.2, -0.15) is 0 Å². The fourth-order valence-corrected chi connectivity index (χ4v) is 5.85. The molecule has 0 spiro atoms. The van der Waals surface area contributed by atoms with Gasteiger partial charge in [0.25, 0.3) is 0 Å². The van der Waals surface area contributed by atoms with Gasteiger partial charge in [-0.1, -0.05) is 87.4 Å². The van der Waals surface area contributed by atoms with E-state index in [1.807, 2.05) is 25.1 Å². The van der Waals surface area contributed by atoms with E-state index in [-0.39, 0.29) is 5.82 Å². The fourth-order valence-electron chi connectivity index (χ4n) is 5.59. The summed E-state index contributed by atoms with van der Waals surface area (Å²) >= 11 is 6.38. The van der Waals surface area contributed by atoms with E-state index in [2.05, 4.69) is 19.1 Å². The minimum atomic E-state index is -0.216. The zero-order valence-corrected chi connectivity index (χ0v) is 19.8. The van der Waals surface area contributed by atoms with Crippen molar-refractivity contribution in [1.82, 2.24) is 0 Å². The molecule has 0 N–H and O–H groups in total. The van der Waals surface area contributed by atoms with Crippen LogP contribution >= 0.6 is 11.6 Å². The highest BCUT2D eigenvalue weighted by molar-refractivity contribution is 6.31. The van der Waals surface area contributed by atoms with Crippen LogP contribution < -0.4 is 0 Å². The lowest BCUT2D eigenvalue weighted by molar-refractivity contribution is 0.187. The van der Waals surface area contributed by atoms with Crippen molar-refractivity contribution in [2.24, 2.45) is 17.8 Å². The van der Waals surface area contributed by atoms with E-state index < -0.39 is 0 Å². The van der Waals surface area contributed by atoms with Crippen molar-refractivity contribution in [3.8, 4) is 0 Å². The summed E-state index contributed by atoms with van der Waals surface area (Å²) in [4.78, 5) is 0. The van der Waals surface area contributed by atoms with Gasteiger partial charge in [0.15, 0.2) is 0 Å². The Morgan fingerprint density at radius 2 is 1.87 bits per heavy atom. The van der Waals surface area contributed by atoms with Crippen LogP contribution in [0.4, 0.5) is 4.39 Å². The Bertz CT molecular complexity index is 724. The summed E-state index contributed by atoms with van der Waals surface area (Å²) in [7, 11) is 0. The van der Waals surface area contributed by atoms with Crippen molar-refractivity contribution < 1.29 is 4.39 Å². The number of rotatable bonds is 9. The summed E-state index contributed by atoms with van der Waals surface area (Å²) in [5, 5.41) is 0.321. The third-order valence-electron chi connectivity index (χ3n) is 7.55. The molecule has 1 saturated carbocycles. The van der Waals surface area contributed by atoms with E-state index in [1.165, 1.54) is 63.4 Å². The van der Waals surface area contributed by atoms with Crippen LogP contribution in [0.1, 0.15) is 102 Å². The number of hydrogen-bond acceptors (Lipinski definition) is 0. The predicted octanol–water partition coefficient (Wildman–Crippen LogP) is 9.56. The third-order valence-corrected chi connectivity index (χ3v) is 7.96. The molecule has 0 bridgehead atoms. The summed E-state index contributed by atoms with van der Waals surface area (Å²) in [6.45, 7) is 4.30. The van der Waals surface area contributed by atoms with Crippen molar-refractivity contribution in [2.45, 2.75) is 97.3 Å². The van der Waals surface area contributed by atoms with Crippen LogP contribution in [0.2, 0.25) is 5.02 Å². The molecule has 1 atom stereocenters. The van der Waals surface area contributed by atoms with Gasteiger partial charge in [-0.05, 0) is 80.8 Å². The zero-order valence-electron chi connectivity index (χ0n) is 19.1. The molecule has 0 aliphatic heterocycles. The highest BCUT2D eigenvalue weighted by atomic mass is 35.5. The molecule has 1 aromatic rings. The van der Waals surface area contributed by atoms with Crippen molar-refractivity contribution in [1.29, 1.82) is 0 Å². The molecule has 2 aliphatic carbocycles. The van der Waals surface area contributed by atoms with Crippen LogP contribution in [-0.4, -0.2) is 0 Å². The van der Waals surface area contributed by atoms with Crippen molar-refractivity contribution >= 4 is 17.2 Å². The number of hydrogen-bond donors (Lipinski definition) is 0. The maximum Gasteiger partial charge on any atom is 0.149 e. The molecule has 0 nitrogen and oxygen atoms in total. The quantitative estimate of drug-likeness (QED) is 0.270. The maximum absolute atomic E-state index is 15.0. The fraction of sp³-hybridized carbons (Fsp3) is 0.643.